The summed E-state index contributed by atoms with van der Waals surface area (Å²) in [7, 11) is 7.39. The summed E-state index contributed by atoms with van der Waals surface area (Å²) in [5.74, 6) is -2.00. The number of ether oxygens (including phenoxy) is 8. The maximum absolute atomic E-state index is 11.9. The molecule has 3 unspecified atom stereocenters. The minimum Gasteiger partial charge on any atom is -0.433 e. The molecule has 0 spiro atoms. The minimum atomic E-state index is -1.36. The normalized spacial score (nSPS) is 26.4. The van der Waals surface area contributed by atoms with Crippen LogP contribution in [0.2, 0.25) is 0 Å². The van der Waals surface area contributed by atoms with Crippen molar-refractivity contribution in [1.82, 2.24) is 39.3 Å². The molecule has 312 valence electrons. The second-order valence-corrected chi connectivity index (χ2v) is 13.3. The standard InChI is InChI=1S/C20H25N5O7.C13H21N5O7/c1-24(2)8-9-28-20(27)29-10-13-14-15(32-19(31-14)12-6-4-3-5-7-12)18(30-13)25-11-22-17(23-25)16(21)26;1-17(2)3-4-23-13(22)24-5-7-8(19)9(20)12(25-7)18-6-15-11(16-18)10(14)21/h3-7,11,13-15,18-19H,8-10H2,1-2H3,(H2,21,26);6-9,12,19-20H,3-5H2,1-2H3,(H2,14,21)/t13-,14?,15-,18-,19?;7-,8?,9-,12-/m11/s1. The quantitative estimate of drug-likeness (QED) is 0.123. The number of rotatable bonds is 15. The number of hydrogen-bond acceptors (Lipinski definition) is 20. The third-order valence-corrected chi connectivity index (χ3v) is 8.48. The predicted molar refractivity (Wildman–Crippen MR) is 188 cm³/mol. The van der Waals surface area contributed by atoms with Crippen molar-refractivity contribution in [3.63, 3.8) is 0 Å². The van der Waals surface area contributed by atoms with Crippen LogP contribution in [-0.2, 0) is 37.9 Å². The van der Waals surface area contributed by atoms with Crippen molar-refractivity contribution in [2.75, 3.05) is 67.7 Å². The van der Waals surface area contributed by atoms with Gasteiger partial charge in [-0.1, -0.05) is 30.3 Å². The number of nitrogens with two attached hydrogens (primary N) is 2. The molecule has 2 amide bonds. The highest BCUT2D eigenvalue weighted by atomic mass is 16.8. The van der Waals surface area contributed by atoms with Crippen molar-refractivity contribution < 1.29 is 67.3 Å². The van der Waals surface area contributed by atoms with Crippen LogP contribution in [-0.4, -0.2) is 178 Å². The number of aliphatic hydroxyl groups is 2. The Labute approximate surface area is 325 Å². The summed E-state index contributed by atoms with van der Waals surface area (Å²) in [6.07, 6.45) is -7.21. The highest BCUT2D eigenvalue weighted by molar-refractivity contribution is 5.88. The molecule has 1 aromatic carbocycles. The van der Waals surface area contributed by atoms with Gasteiger partial charge in [-0.15, -0.1) is 10.2 Å². The van der Waals surface area contributed by atoms with E-state index in [1.54, 1.807) is 0 Å². The molecule has 0 saturated carbocycles. The highest BCUT2D eigenvalue weighted by Crippen LogP contribution is 2.44. The number of carbonyl (C=O) groups excluding carboxylic acids is 4. The van der Waals surface area contributed by atoms with E-state index >= 15 is 0 Å². The van der Waals surface area contributed by atoms with Crippen LogP contribution in [0, 0.1) is 0 Å². The average Bonchev–Trinajstić information content (AvgIpc) is 4.01. The lowest BCUT2D eigenvalue weighted by Gasteiger charge is -2.20. The first-order valence-corrected chi connectivity index (χ1v) is 17.5. The molecular formula is C33H46N10O14. The zero-order valence-corrected chi connectivity index (χ0v) is 31.5. The molecule has 0 bridgehead atoms. The molecule has 6 N–H and O–H groups in total. The molecule has 57 heavy (non-hydrogen) atoms. The van der Waals surface area contributed by atoms with E-state index in [0.29, 0.717) is 13.1 Å². The molecule has 24 heteroatoms. The summed E-state index contributed by atoms with van der Waals surface area (Å²) in [4.78, 5) is 57.0. The van der Waals surface area contributed by atoms with Gasteiger partial charge >= 0.3 is 12.3 Å². The van der Waals surface area contributed by atoms with E-state index in [2.05, 4.69) is 20.2 Å². The average molecular weight is 807 g/mol. The molecule has 9 atom stereocenters. The fourth-order valence-electron chi connectivity index (χ4n) is 5.56. The molecule has 3 fully saturated rings. The summed E-state index contributed by atoms with van der Waals surface area (Å²) >= 11 is 0. The Balaban J connectivity index is 0.000000225. The minimum absolute atomic E-state index is 0.110. The van der Waals surface area contributed by atoms with Gasteiger partial charge in [0.15, 0.2) is 18.7 Å². The molecular weight excluding hydrogens is 760 g/mol. The number of nitrogens with zero attached hydrogens (tertiary/aromatic N) is 8. The Bertz CT molecular complexity index is 1790. The van der Waals surface area contributed by atoms with Crippen LogP contribution in [0.3, 0.4) is 0 Å². The van der Waals surface area contributed by atoms with E-state index in [4.69, 9.17) is 49.4 Å². The van der Waals surface area contributed by atoms with Gasteiger partial charge in [0.1, 0.15) is 75.7 Å². The summed E-state index contributed by atoms with van der Waals surface area (Å²) in [5.41, 5.74) is 11.1. The molecule has 0 radical (unpaired) electrons. The Morgan fingerprint density at radius 3 is 1.68 bits per heavy atom. The van der Waals surface area contributed by atoms with E-state index < -0.39 is 79.5 Å². The predicted octanol–water partition coefficient (Wildman–Crippen LogP) is -1.82. The van der Waals surface area contributed by atoms with Gasteiger partial charge in [-0.25, -0.2) is 28.9 Å². The number of benzene rings is 1. The first-order chi connectivity index (χ1) is 27.2. The van der Waals surface area contributed by atoms with E-state index in [0.717, 1.165) is 16.6 Å². The van der Waals surface area contributed by atoms with Crippen LogP contribution in [0.25, 0.3) is 0 Å². The summed E-state index contributed by atoms with van der Waals surface area (Å²) in [6.45, 7) is 1.03. The van der Waals surface area contributed by atoms with Gasteiger partial charge in [-0.2, -0.15) is 0 Å². The Kier molecular flexibility index (Phi) is 14.8. The van der Waals surface area contributed by atoms with Gasteiger partial charge < -0.3 is 69.4 Å². The molecule has 6 rings (SSSR count). The lowest BCUT2D eigenvalue weighted by Crippen LogP contribution is -2.34. The smallest absolute Gasteiger partial charge is 0.433 e. The van der Waals surface area contributed by atoms with Crippen molar-refractivity contribution in [2.45, 2.75) is 55.4 Å². The largest absolute Gasteiger partial charge is 0.508 e. The number of primary amides is 2. The lowest BCUT2D eigenvalue weighted by atomic mass is 10.1. The molecule has 2 aromatic heterocycles. The fourth-order valence-corrected chi connectivity index (χ4v) is 5.56. The number of carbonyl (C=O) groups is 4. The van der Waals surface area contributed by atoms with Crippen LogP contribution in [0.4, 0.5) is 9.59 Å². The summed E-state index contributed by atoms with van der Waals surface area (Å²) < 4.78 is 46.0. The van der Waals surface area contributed by atoms with Crippen LogP contribution < -0.4 is 11.5 Å². The second-order valence-electron chi connectivity index (χ2n) is 13.3. The van der Waals surface area contributed by atoms with E-state index in [1.165, 1.54) is 11.0 Å². The van der Waals surface area contributed by atoms with Crippen molar-refractivity contribution in [2.24, 2.45) is 11.5 Å². The highest BCUT2D eigenvalue weighted by Gasteiger charge is 2.54. The maximum Gasteiger partial charge on any atom is 0.508 e. The van der Waals surface area contributed by atoms with Gasteiger partial charge in [-0.3, -0.25) is 9.59 Å². The van der Waals surface area contributed by atoms with Gasteiger partial charge in [0.25, 0.3) is 11.8 Å². The van der Waals surface area contributed by atoms with Crippen LogP contribution in [0.1, 0.15) is 45.5 Å². The SMILES string of the molecule is CN(C)CCOC(=O)OC[C@H]1O[C@@H](n2cnc(C(N)=O)n2)[C@@H]2OC(c3ccccc3)OC21.CN(C)CCOC(=O)OC[C@H]1O[C@@H](n2cnc(C(N)=O)n2)[C@H](O)C1O. The van der Waals surface area contributed by atoms with E-state index in [9.17, 15) is 29.4 Å². The third kappa shape index (κ3) is 11.4. The number of hydrogen-bond donors (Lipinski definition) is 4. The molecule has 3 aliphatic heterocycles. The molecule has 5 heterocycles. The van der Waals surface area contributed by atoms with Crippen LogP contribution in [0.5, 0.6) is 0 Å². The lowest BCUT2D eigenvalue weighted by molar-refractivity contribution is -0.157. The Morgan fingerprint density at radius 1 is 0.684 bits per heavy atom. The number of aliphatic hydroxyl groups excluding tert-OH is 2. The zero-order valence-electron chi connectivity index (χ0n) is 31.5. The van der Waals surface area contributed by atoms with Crippen molar-refractivity contribution in [3.05, 3.63) is 60.2 Å². The Morgan fingerprint density at radius 2 is 1.18 bits per heavy atom. The molecule has 24 nitrogen and oxygen atoms in total. The first kappa shape index (κ1) is 42.8. The summed E-state index contributed by atoms with van der Waals surface area (Å²) in [6, 6.07) is 9.42. The number of aromatic nitrogens is 6. The fraction of sp³-hybridized carbons (Fsp3) is 0.576. The number of likely N-dealkylation sites (N-methyl/N-ethyl adjacent to an activating group) is 2. The van der Waals surface area contributed by atoms with Crippen LogP contribution in [0.15, 0.2) is 43.0 Å². The number of amides is 2. The third-order valence-electron chi connectivity index (χ3n) is 8.48. The van der Waals surface area contributed by atoms with Crippen molar-refractivity contribution in [1.29, 1.82) is 0 Å². The molecule has 3 aromatic rings. The maximum atomic E-state index is 11.9. The topological polar surface area (TPSA) is 303 Å². The van der Waals surface area contributed by atoms with Gasteiger partial charge in [-0.05, 0) is 28.2 Å². The van der Waals surface area contributed by atoms with Crippen molar-refractivity contribution in [3.8, 4) is 0 Å². The van der Waals surface area contributed by atoms with E-state index in [-0.39, 0.29) is 38.1 Å². The van der Waals surface area contributed by atoms with Gasteiger partial charge in [0.2, 0.25) is 11.6 Å². The second kappa shape index (κ2) is 19.7. The zero-order chi connectivity index (χ0) is 41.2. The van der Waals surface area contributed by atoms with Gasteiger partial charge in [0, 0.05) is 18.7 Å². The first-order valence-electron chi connectivity index (χ1n) is 17.5. The monoisotopic (exact) mass is 806 g/mol. The van der Waals surface area contributed by atoms with E-state index in [1.807, 2.05) is 68.3 Å². The number of fused-ring (bicyclic) bond motifs is 1. The van der Waals surface area contributed by atoms with Crippen molar-refractivity contribution >= 4 is 24.1 Å². The molecule has 3 aliphatic rings. The summed E-state index contributed by atoms with van der Waals surface area (Å²) in [5, 5.41) is 27.9. The Hall–Kier alpha value is -5.34. The van der Waals surface area contributed by atoms with Crippen LogP contribution >= 0.6 is 0 Å². The molecule has 0 aliphatic carbocycles. The molecule has 3 saturated heterocycles. The van der Waals surface area contributed by atoms with Gasteiger partial charge in [0.05, 0.1) is 0 Å².